The van der Waals surface area contributed by atoms with Crippen molar-refractivity contribution in [1.29, 1.82) is 0 Å². The van der Waals surface area contributed by atoms with Crippen molar-refractivity contribution in [3.05, 3.63) is 76.4 Å². The molecule has 1 fully saturated rings. The quantitative estimate of drug-likeness (QED) is 0.471. The first-order chi connectivity index (χ1) is 16.0. The van der Waals surface area contributed by atoms with Crippen LogP contribution < -0.4 is 0 Å². The fourth-order valence-corrected chi connectivity index (χ4v) is 4.22. The molecule has 3 aromatic rings. The van der Waals surface area contributed by atoms with E-state index >= 15 is 0 Å². The summed E-state index contributed by atoms with van der Waals surface area (Å²) in [4.78, 5) is 33.5. The summed E-state index contributed by atoms with van der Waals surface area (Å²) in [5.74, 6) is -0.0673. The molecule has 1 aliphatic rings. The van der Waals surface area contributed by atoms with Crippen molar-refractivity contribution in [3.63, 3.8) is 0 Å². The van der Waals surface area contributed by atoms with E-state index in [4.69, 9.17) is 21.3 Å². The lowest BCUT2D eigenvalue weighted by atomic mass is 10.1. The lowest BCUT2D eigenvalue weighted by Crippen LogP contribution is -2.50. The number of ether oxygens (including phenoxy) is 1. The van der Waals surface area contributed by atoms with Crippen molar-refractivity contribution in [2.45, 2.75) is 26.2 Å². The number of hydrogen-bond donors (Lipinski definition) is 0. The summed E-state index contributed by atoms with van der Waals surface area (Å²) in [5.41, 5.74) is 3.29. The Kier molecular flexibility index (Phi) is 7.45. The first kappa shape index (κ1) is 23.1. The molecule has 0 saturated carbocycles. The Balaban J connectivity index is 1.44. The van der Waals surface area contributed by atoms with Gasteiger partial charge >= 0.3 is 6.09 Å². The van der Waals surface area contributed by atoms with Gasteiger partial charge in [0.2, 0.25) is 0 Å². The van der Waals surface area contributed by atoms with E-state index in [2.05, 4.69) is 19.1 Å². The summed E-state index contributed by atoms with van der Waals surface area (Å²) < 4.78 is 5.28. The highest BCUT2D eigenvalue weighted by Gasteiger charge is 2.26. The second-order valence-electron chi connectivity index (χ2n) is 8.24. The number of amides is 2. The van der Waals surface area contributed by atoms with Crippen LogP contribution in [0.1, 0.15) is 41.4 Å². The minimum Gasteiger partial charge on any atom is -0.449 e. The van der Waals surface area contributed by atoms with Gasteiger partial charge in [0, 0.05) is 49.2 Å². The molecule has 6 nitrogen and oxygen atoms in total. The smallest absolute Gasteiger partial charge is 0.409 e. The van der Waals surface area contributed by atoms with Crippen LogP contribution >= 0.6 is 11.6 Å². The molecule has 2 heterocycles. The molecule has 0 aliphatic carbocycles. The number of fused-ring (bicyclic) bond motifs is 1. The summed E-state index contributed by atoms with van der Waals surface area (Å²) in [6, 6.07) is 17.4. The zero-order valence-corrected chi connectivity index (χ0v) is 19.6. The SMILES string of the molecule is CCCCOC(=O)N1CCN(C(=O)c2ccc3c(Cl)cc(Cc4ccccc4)nc3c2)CC1. The van der Waals surface area contributed by atoms with E-state index in [0.717, 1.165) is 29.5 Å². The molecule has 7 heteroatoms. The maximum Gasteiger partial charge on any atom is 0.409 e. The van der Waals surface area contributed by atoms with Crippen LogP contribution in [0.2, 0.25) is 5.02 Å². The van der Waals surface area contributed by atoms with E-state index in [1.807, 2.05) is 36.4 Å². The lowest BCUT2D eigenvalue weighted by molar-refractivity contribution is 0.0558. The number of unbranched alkanes of at least 4 members (excludes halogenated alkanes) is 1. The molecule has 0 radical (unpaired) electrons. The van der Waals surface area contributed by atoms with Gasteiger partial charge in [-0.05, 0) is 30.2 Å². The van der Waals surface area contributed by atoms with E-state index in [-0.39, 0.29) is 12.0 Å². The minimum atomic E-state index is -0.300. The molecule has 4 rings (SSSR count). The Hall–Kier alpha value is -3.12. The van der Waals surface area contributed by atoms with Crippen molar-refractivity contribution in [2.75, 3.05) is 32.8 Å². The molecule has 0 unspecified atom stereocenters. The van der Waals surface area contributed by atoms with Gasteiger partial charge in [-0.1, -0.05) is 61.3 Å². The highest BCUT2D eigenvalue weighted by atomic mass is 35.5. The fraction of sp³-hybridized carbons (Fsp3) is 0.346. The van der Waals surface area contributed by atoms with E-state index in [0.29, 0.717) is 55.3 Å². The van der Waals surface area contributed by atoms with Crippen molar-refractivity contribution < 1.29 is 14.3 Å². The third kappa shape index (κ3) is 5.63. The van der Waals surface area contributed by atoms with Crippen molar-refractivity contribution in [2.24, 2.45) is 0 Å². The van der Waals surface area contributed by atoms with Gasteiger partial charge in [-0.3, -0.25) is 9.78 Å². The van der Waals surface area contributed by atoms with E-state index in [9.17, 15) is 9.59 Å². The van der Waals surface area contributed by atoms with E-state index < -0.39 is 0 Å². The first-order valence-electron chi connectivity index (χ1n) is 11.4. The number of halogens is 1. The molecule has 1 aliphatic heterocycles. The Labute approximate surface area is 199 Å². The first-order valence-corrected chi connectivity index (χ1v) is 11.8. The molecular formula is C26H28ClN3O3. The number of nitrogens with zero attached hydrogens (tertiary/aromatic N) is 3. The third-order valence-electron chi connectivity index (χ3n) is 5.84. The molecule has 0 bridgehead atoms. The maximum absolute atomic E-state index is 13.1. The zero-order valence-electron chi connectivity index (χ0n) is 18.8. The molecule has 172 valence electrons. The van der Waals surface area contributed by atoms with Crippen molar-refractivity contribution >= 4 is 34.5 Å². The van der Waals surface area contributed by atoms with Crippen LogP contribution in [-0.2, 0) is 11.2 Å². The molecule has 2 amide bonds. The van der Waals surface area contributed by atoms with Gasteiger partial charge in [0.05, 0.1) is 17.1 Å². The second-order valence-corrected chi connectivity index (χ2v) is 8.64. The molecule has 1 saturated heterocycles. The second kappa shape index (κ2) is 10.7. The summed E-state index contributed by atoms with van der Waals surface area (Å²) in [6.07, 6.45) is 2.21. The predicted molar refractivity (Wildman–Crippen MR) is 130 cm³/mol. The van der Waals surface area contributed by atoms with Crippen LogP contribution in [0.3, 0.4) is 0 Å². The van der Waals surface area contributed by atoms with Crippen LogP contribution in [0.4, 0.5) is 4.79 Å². The Morgan fingerprint density at radius 1 is 1.00 bits per heavy atom. The average molecular weight is 466 g/mol. The number of benzene rings is 2. The van der Waals surface area contributed by atoms with Gasteiger partial charge in [-0.15, -0.1) is 0 Å². The van der Waals surface area contributed by atoms with Gasteiger partial charge in [-0.25, -0.2) is 4.79 Å². The Morgan fingerprint density at radius 3 is 2.45 bits per heavy atom. The standard InChI is InChI=1S/C26H28ClN3O3/c1-2-3-15-33-26(32)30-13-11-29(12-14-30)25(31)20-9-10-22-23(27)18-21(28-24(22)17-20)16-19-7-5-4-6-8-19/h4-10,17-18H,2-3,11-16H2,1H3. The Morgan fingerprint density at radius 2 is 1.73 bits per heavy atom. The lowest BCUT2D eigenvalue weighted by Gasteiger charge is -2.34. The number of carbonyl (C=O) groups is 2. The normalized spacial score (nSPS) is 13.9. The number of aromatic nitrogens is 1. The molecule has 1 aromatic heterocycles. The molecular weight excluding hydrogens is 438 g/mol. The maximum atomic E-state index is 13.1. The number of rotatable bonds is 6. The molecule has 0 atom stereocenters. The molecule has 0 spiro atoms. The van der Waals surface area contributed by atoms with Crippen molar-refractivity contribution in [3.8, 4) is 0 Å². The van der Waals surface area contributed by atoms with Crippen LogP contribution in [0.5, 0.6) is 0 Å². The fourth-order valence-electron chi connectivity index (χ4n) is 3.94. The van der Waals surface area contributed by atoms with Gasteiger partial charge in [0.1, 0.15) is 0 Å². The highest BCUT2D eigenvalue weighted by molar-refractivity contribution is 6.35. The summed E-state index contributed by atoms with van der Waals surface area (Å²) in [7, 11) is 0. The topological polar surface area (TPSA) is 62.7 Å². The summed E-state index contributed by atoms with van der Waals surface area (Å²) in [5, 5.41) is 1.45. The molecule has 33 heavy (non-hydrogen) atoms. The molecule has 0 N–H and O–H groups in total. The van der Waals surface area contributed by atoms with Crippen molar-refractivity contribution in [1.82, 2.24) is 14.8 Å². The number of hydrogen-bond acceptors (Lipinski definition) is 4. The van der Waals surface area contributed by atoms with E-state index in [1.54, 1.807) is 15.9 Å². The molecule has 2 aromatic carbocycles. The Bertz CT molecular complexity index is 1130. The van der Waals surface area contributed by atoms with Gasteiger partial charge < -0.3 is 14.5 Å². The average Bonchev–Trinajstić information content (AvgIpc) is 2.84. The van der Waals surface area contributed by atoms with Gasteiger partial charge in [-0.2, -0.15) is 0 Å². The summed E-state index contributed by atoms with van der Waals surface area (Å²) >= 11 is 6.52. The van der Waals surface area contributed by atoms with Crippen LogP contribution in [-0.4, -0.2) is 59.6 Å². The summed E-state index contributed by atoms with van der Waals surface area (Å²) in [6.45, 7) is 4.38. The predicted octanol–water partition coefficient (Wildman–Crippen LogP) is 5.17. The van der Waals surface area contributed by atoms with Crippen LogP contribution in [0.15, 0.2) is 54.6 Å². The third-order valence-corrected chi connectivity index (χ3v) is 6.15. The monoisotopic (exact) mass is 465 g/mol. The van der Waals surface area contributed by atoms with Crippen LogP contribution in [0, 0.1) is 0 Å². The number of piperazine rings is 1. The zero-order chi connectivity index (χ0) is 23.2. The number of carbonyl (C=O) groups excluding carboxylic acids is 2. The van der Waals surface area contributed by atoms with Gasteiger partial charge in [0.25, 0.3) is 5.91 Å². The minimum absolute atomic E-state index is 0.0673. The highest BCUT2D eigenvalue weighted by Crippen LogP contribution is 2.26. The van der Waals surface area contributed by atoms with Gasteiger partial charge in [0.15, 0.2) is 0 Å². The van der Waals surface area contributed by atoms with E-state index in [1.165, 1.54) is 0 Å². The van der Waals surface area contributed by atoms with Crippen LogP contribution in [0.25, 0.3) is 10.9 Å². The largest absolute Gasteiger partial charge is 0.449 e. The number of pyridine rings is 1.